The molecule has 1 fully saturated rings. The third-order valence-corrected chi connectivity index (χ3v) is 7.91. The number of hydrogen-bond donors (Lipinski definition) is 3. The Morgan fingerprint density at radius 3 is 2.82 bits per heavy atom. The quantitative estimate of drug-likeness (QED) is 0.159. The van der Waals surface area contributed by atoms with Gasteiger partial charge < -0.3 is 15.2 Å². The van der Waals surface area contributed by atoms with Crippen LogP contribution in [0.5, 0.6) is 0 Å². The molecule has 3 heterocycles. The Labute approximate surface area is 202 Å². The molecule has 1 saturated heterocycles. The lowest BCUT2D eigenvalue weighted by molar-refractivity contribution is -0.192. The minimum Gasteiger partial charge on any atom is -0.477 e. The van der Waals surface area contributed by atoms with E-state index < -0.39 is 45.3 Å². The Balaban J connectivity index is 1.75. The smallest absolute Gasteiger partial charge is 0.352 e. The van der Waals surface area contributed by atoms with Gasteiger partial charge in [-0.3, -0.25) is 14.5 Å². The molecule has 3 N–H and O–H groups in total. The third-order valence-electron chi connectivity index (χ3n) is 4.76. The van der Waals surface area contributed by atoms with Crippen molar-refractivity contribution in [2.75, 3.05) is 31.4 Å². The second-order valence-corrected chi connectivity index (χ2v) is 10.9. The number of nitrogens with zero attached hydrogens (tertiary/aromatic N) is 6. The molecule has 2 atom stereocenters. The van der Waals surface area contributed by atoms with Crippen molar-refractivity contribution in [1.82, 2.24) is 35.1 Å². The fourth-order valence-electron chi connectivity index (χ4n) is 3.31. The monoisotopic (exact) mass is 532 g/mol. The molecule has 15 nitrogen and oxygen atoms in total. The van der Waals surface area contributed by atoms with Gasteiger partial charge in [-0.2, -0.15) is 5.26 Å². The van der Waals surface area contributed by atoms with E-state index in [0.717, 1.165) is 22.9 Å². The number of ether oxygens (including phenoxy) is 1. The number of aromatic nitrogens is 4. The Morgan fingerprint density at radius 2 is 2.21 bits per heavy atom. The van der Waals surface area contributed by atoms with E-state index in [0.29, 0.717) is 10.7 Å². The summed E-state index contributed by atoms with van der Waals surface area (Å²) in [6.07, 6.45) is 0.550. The number of sulfonamides is 1. The third kappa shape index (κ3) is 5.17. The van der Waals surface area contributed by atoms with Crippen LogP contribution in [0.1, 0.15) is 6.42 Å². The first-order valence-corrected chi connectivity index (χ1v) is 13.4. The summed E-state index contributed by atoms with van der Waals surface area (Å²) in [7, 11) is -2.15. The molecular formula is C16H20N8O7S3. The average Bonchev–Trinajstić information content (AvgIpc) is 3.21. The van der Waals surface area contributed by atoms with Crippen molar-refractivity contribution in [3.63, 3.8) is 0 Å². The minimum absolute atomic E-state index is 0.0664. The second kappa shape index (κ2) is 10.3. The maximum Gasteiger partial charge on any atom is 0.352 e. The second-order valence-electron chi connectivity index (χ2n) is 7.06. The first kappa shape index (κ1) is 25.9. The SMILES string of the molecule is CO[C@@]1(NC(=O)CC#N)C(=O)N2C(C(=O)O)=C(CSc3nnnn3CCNS(C)(=O)=O)CS[C@@H]21. The molecule has 0 aliphatic carbocycles. The van der Waals surface area contributed by atoms with Crippen molar-refractivity contribution in [1.29, 1.82) is 5.26 Å². The standard InChI is InChI=1S/C16H20N8O7S3/c1-31-16(19-10(25)3-4-17)13(28)24-11(12(26)27)9(7-32-14(16)24)8-33-15-20-21-22-23(15)6-5-18-34(2,29)30/h14,18H,3,5-8H2,1-2H3,(H,19,25)(H,26,27)/t14-,16+/m1/s1. The van der Waals surface area contributed by atoms with Crippen LogP contribution in [0.2, 0.25) is 0 Å². The van der Waals surface area contributed by atoms with E-state index in [9.17, 15) is 27.9 Å². The van der Waals surface area contributed by atoms with Crippen LogP contribution >= 0.6 is 23.5 Å². The first-order chi connectivity index (χ1) is 16.0. The molecular weight excluding hydrogens is 512 g/mol. The molecule has 0 bridgehead atoms. The van der Waals surface area contributed by atoms with Crippen molar-refractivity contribution in [3.8, 4) is 6.07 Å². The summed E-state index contributed by atoms with van der Waals surface area (Å²) in [5.74, 6) is -2.42. The van der Waals surface area contributed by atoms with Crippen molar-refractivity contribution >= 4 is 51.3 Å². The summed E-state index contributed by atoms with van der Waals surface area (Å²) in [4.78, 5) is 37.9. The summed E-state index contributed by atoms with van der Waals surface area (Å²) in [5.41, 5.74) is -1.54. The maximum atomic E-state index is 12.9. The lowest BCUT2D eigenvalue weighted by atomic mass is 9.98. The predicted molar refractivity (Wildman–Crippen MR) is 117 cm³/mol. The Hall–Kier alpha value is -2.72. The van der Waals surface area contributed by atoms with Crippen LogP contribution in [0.25, 0.3) is 0 Å². The topological polar surface area (TPSA) is 209 Å². The molecule has 1 aromatic rings. The van der Waals surface area contributed by atoms with Gasteiger partial charge in [0.15, 0.2) is 0 Å². The Morgan fingerprint density at radius 1 is 1.47 bits per heavy atom. The summed E-state index contributed by atoms with van der Waals surface area (Å²) in [6.45, 7) is 0.227. The fourth-order valence-corrected chi connectivity index (χ4v) is 6.25. The zero-order valence-electron chi connectivity index (χ0n) is 17.9. The number of nitrogens with one attached hydrogen (secondary N) is 2. The fraction of sp³-hybridized carbons (Fsp3) is 0.562. The summed E-state index contributed by atoms with van der Waals surface area (Å²) in [5, 5.41) is 31.7. The van der Waals surface area contributed by atoms with Gasteiger partial charge in [0.2, 0.25) is 21.1 Å². The molecule has 2 amide bonds. The normalized spacial score (nSPS) is 22.1. The van der Waals surface area contributed by atoms with Gasteiger partial charge in [0.25, 0.3) is 11.6 Å². The maximum absolute atomic E-state index is 12.9. The molecule has 184 valence electrons. The number of methoxy groups -OCH3 is 1. The number of aliphatic carboxylic acids is 1. The number of carboxylic acid groups (broad SMARTS) is 1. The van der Waals surface area contributed by atoms with Crippen molar-refractivity contribution < 1.29 is 32.6 Å². The van der Waals surface area contributed by atoms with Gasteiger partial charge >= 0.3 is 5.97 Å². The molecule has 2 aliphatic rings. The molecule has 18 heteroatoms. The van der Waals surface area contributed by atoms with Crippen LogP contribution < -0.4 is 10.0 Å². The van der Waals surface area contributed by atoms with Crippen LogP contribution in [-0.2, 0) is 35.7 Å². The number of hydrogen-bond acceptors (Lipinski definition) is 12. The van der Waals surface area contributed by atoms with Crippen LogP contribution in [0.4, 0.5) is 0 Å². The first-order valence-electron chi connectivity index (χ1n) is 9.51. The van der Waals surface area contributed by atoms with E-state index in [1.54, 1.807) is 6.07 Å². The number of rotatable bonds is 11. The number of thioether (sulfide) groups is 2. The molecule has 0 aromatic carbocycles. The molecule has 0 spiro atoms. The molecule has 1 aromatic heterocycles. The predicted octanol–water partition coefficient (Wildman–Crippen LogP) is -2.06. The van der Waals surface area contributed by atoms with E-state index in [2.05, 4.69) is 25.6 Å². The number of tetrazole rings is 1. The molecule has 0 unspecified atom stereocenters. The van der Waals surface area contributed by atoms with Crippen molar-refractivity contribution in [3.05, 3.63) is 11.3 Å². The van der Waals surface area contributed by atoms with Crippen LogP contribution in [0.15, 0.2) is 16.4 Å². The molecule has 2 aliphatic heterocycles. The van der Waals surface area contributed by atoms with E-state index in [1.807, 2.05) is 0 Å². The largest absolute Gasteiger partial charge is 0.477 e. The van der Waals surface area contributed by atoms with Crippen molar-refractivity contribution in [2.24, 2.45) is 0 Å². The van der Waals surface area contributed by atoms with E-state index >= 15 is 0 Å². The van der Waals surface area contributed by atoms with E-state index in [1.165, 1.54) is 23.6 Å². The Kier molecular flexibility index (Phi) is 7.82. The van der Waals surface area contributed by atoms with Gasteiger partial charge in [-0.05, 0) is 16.0 Å². The van der Waals surface area contributed by atoms with Gasteiger partial charge in [-0.1, -0.05) is 11.8 Å². The Bertz CT molecular complexity index is 1180. The summed E-state index contributed by atoms with van der Waals surface area (Å²) >= 11 is 2.34. The zero-order chi connectivity index (χ0) is 25.1. The highest BCUT2D eigenvalue weighted by atomic mass is 32.2. The van der Waals surface area contributed by atoms with Crippen LogP contribution in [0.3, 0.4) is 0 Å². The van der Waals surface area contributed by atoms with Crippen LogP contribution in [-0.4, -0.2) is 98.9 Å². The summed E-state index contributed by atoms with van der Waals surface area (Å²) < 4.78 is 31.4. The average molecular weight is 533 g/mol. The lowest BCUT2D eigenvalue weighted by Gasteiger charge is -2.55. The number of amides is 2. The van der Waals surface area contributed by atoms with Crippen LogP contribution in [0, 0.1) is 11.3 Å². The number of carboxylic acids is 1. The summed E-state index contributed by atoms with van der Waals surface area (Å²) in [6, 6.07) is 1.68. The van der Waals surface area contributed by atoms with Gasteiger partial charge in [-0.15, -0.1) is 16.9 Å². The highest BCUT2D eigenvalue weighted by Crippen LogP contribution is 2.47. The number of β-lactam (4-membered cyclic amide) rings is 1. The molecule has 3 rings (SSSR count). The molecule has 34 heavy (non-hydrogen) atoms. The number of nitriles is 1. The number of carbonyl (C=O) groups excluding carboxylic acids is 2. The number of fused-ring (bicyclic) bond motifs is 1. The van der Waals surface area contributed by atoms with Gasteiger partial charge in [0, 0.05) is 25.2 Å². The van der Waals surface area contributed by atoms with Gasteiger partial charge in [0.1, 0.15) is 17.5 Å². The van der Waals surface area contributed by atoms with Gasteiger partial charge in [-0.25, -0.2) is 22.6 Å². The van der Waals surface area contributed by atoms with E-state index in [4.69, 9.17) is 10.00 Å². The number of carbonyl (C=O) groups is 3. The van der Waals surface area contributed by atoms with Gasteiger partial charge in [0.05, 0.1) is 18.9 Å². The zero-order valence-corrected chi connectivity index (χ0v) is 20.4. The highest BCUT2D eigenvalue weighted by molar-refractivity contribution is 8.01. The molecule has 0 saturated carbocycles. The van der Waals surface area contributed by atoms with Crippen molar-refractivity contribution in [2.45, 2.75) is 29.2 Å². The lowest BCUT2D eigenvalue weighted by Crippen LogP contribution is -2.80. The van der Waals surface area contributed by atoms with E-state index in [-0.39, 0.29) is 30.3 Å². The minimum atomic E-state index is -3.37. The highest BCUT2D eigenvalue weighted by Gasteiger charge is 2.66. The molecule has 0 radical (unpaired) electrons.